The van der Waals surface area contributed by atoms with E-state index in [4.69, 9.17) is 23.7 Å². The molecular weight excluding hydrogens is 1310 g/mol. The largest absolute Gasteiger partial charge is 0.460 e. The maximum absolute atomic E-state index is 13.2. The molecule has 0 radical (unpaired) electrons. The Morgan fingerprint density at radius 3 is 0.972 bits per heavy atom. The van der Waals surface area contributed by atoms with E-state index in [1.54, 1.807) is 0 Å². The molecule has 106 heavy (non-hydrogen) atoms. The van der Waals surface area contributed by atoms with E-state index >= 15 is 0 Å². The van der Waals surface area contributed by atoms with Crippen LogP contribution in [0.5, 0.6) is 0 Å². The molecule has 0 spiro atoms. The Labute approximate surface area is 656 Å². The fourth-order valence-corrected chi connectivity index (χ4v) is 27.4. The molecule has 0 N–H and O–H groups in total. The molecule has 0 aliphatic heterocycles. The number of fused-ring (bicyclic) bond motifs is 4. The van der Waals surface area contributed by atoms with Crippen LogP contribution in [0.1, 0.15) is 384 Å². The minimum Gasteiger partial charge on any atom is -0.460 e. The first kappa shape index (κ1) is 95.7. The lowest BCUT2D eigenvalue weighted by molar-refractivity contribution is -0.218. The molecule has 10 nitrogen and oxygen atoms in total. The molecule has 20 fully saturated rings. The van der Waals surface area contributed by atoms with Crippen LogP contribution >= 0.6 is 0 Å². The van der Waals surface area contributed by atoms with Gasteiger partial charge in [-0.05, 0) is 384 Å². The zero-order chi connectivity index (χ0) is 70.7. The summed E-state index contributed by atoms with van der Waals surface area (Å²) in [6, 6.07) is 0. The Kier molecular flexibility index (Phi) is 32.7. The average Bonchev–Trinajstić information content (AvgIpc) is 1.17. The fourth-order valence-electron chi connectivity index (χ4n) is 27.4. The van der Waals surface area contributed by atoms with Crippen LogP contribution in [0, 0.1) is 171 Å². The van der Waals surface area contributed by atoms with Crippen molar-refractivity contribution in [3.8, 4) is 0 Å². The lowest BCUT2D eigenvalue weighted by Gasteiger charge is -2.61. The lowest BCUT2D eigenvalue weighted by atomic mass is 9.46. The number of rotatable bonds is 15. The third kappa shape index (κ3) is 18.1. The number of carbonyl (C=O) groups excluding carboxylic acids is 5. The van der Waals surface area contributed by atoms with Crippen molar-refractivity contribution < 1.29 is 47.7 Å². The smallest absolute Gasteiger partial charge is 0.312 e. The van der Waals surface area contributed by atoms with Gasteiger partial charge in [-0.15, -0.1) is 0 Å². The number of carbonyl (C=O) groups is 5. The van der Waals surface area contributed by atoms with Crippen LogP contribution < -0.4 is 0 Å². The zero-order valence-corrected chi connectivity index (χ0v) is 65.9. The van der Waals surface area contributed by atoms with Crippen LogP contribution in [-0.2, 0) is 47.7 Å². The van der Waals surface area contributed by atoms with E-state index in [2.05, 4.69) is 83.1 Å². The molecule has 620 valence electrons. The molecular formula is C96H176O10. The molecule has 12 unspecified atom stereocenters. The van der Waals surface area contributed by atoms with Gasteiger partial charge in [0.05, 0.1) is 29.1 Å². The molecule has 20 aliphatic carbocycles. The second-order valence-corrected chi connectivity index (χ2v) is 40.9. The summed E-state index contributed by atoms with van der Waals surface area (Å²) in [5.41, 5.74) is -1.06. The predicted molar refractivity (Wildman–Crippen MR) is 443 cm³/mol. The SMILES string of the molecule is C.C.C.C.C.C.C.C.CC1C2CC(C(=O)OC(C)(C)C)C(C2)C1C.CC1C2CC(C(=O)OC(C)(C)C34CC5CC(CC(C5)C3)C4)C(C2)C1C.CCC(C)(C)C(=O)OC1(CC)C2CC3CC(C2)CC1C3.CCC(C)C(=O)OC1(C)C2CC3CC(C2)CC1C3.CCC(C)C(=O)OC1(CC)C2CC3CC(C2)CC1C3. The second kappa shape index (κ2) is 36.2. The van der Waals surface area contributed by atoms with Gasteiger partial charge in [0, 0.05) is 5.41 Å². The topological polar surface area (TPSA) is 132 Å². The van der Waals surface area contributed by atoms with E-state index in [-0.39, 0.29) is 152 Å². The third-order valence-electron chi connectivity index (χ3n) is 33.7. The monoisotopic (exact) mass is 1490 g/mol. The Balaban J connectivity index is 0.000000277. The fraction of sp³-hybridized carbons (Fsp3) is 0.948. The van der Waals surface area contributed by atoms with Crippen LogP contribution in [0.2, 0.25) is 0 Å². The first-order chi connectivity index (χ1) is 46.1. The van der Waals surface area contributed by atoms with Gasteiger partial charge in [-0.25, -0.2) is 0 Å². The maximum Gasteiger partial charge on any atom is 0.312 e. The van der Waals surface area contributed by atoms with E-state index in [1.807, 2.05) is 48.5 Å². The average molecular weight is 1490 g/mol. The molecule has 0 aromatic heterocycles. The first-order valence-electron chi connectivity index (χ1n) is 42.2. The van der Waals surface area contributed by atoms with Gasteiger partial charge >= 0.3 is 29.8 Å². The molecule has 20 rings (SSSR count). The number of hydrogen-bond acceptors (Lipinski definition) is 10. The molecule has 0 aromatic rings. The Morgan fingerprint density at radius 2 is 0.679 bits per heavy atom. The molecule has 0 saturated heterocycles. The number of ether oxygens (including phenoxy) is 5. The van der Waals surface area contributed by atoms with Crippen molar-refractivity contribution in [1.29, 1.82) is 0 Å². The third-order valence-corrected chi connectivity index (χ3v) is 33.7. The molecule has 20 saturated carbocycles. The van der Waals surface area contributed by atoms with E-state index < -0.39 is 0 Å². The summed E-state index contributed by atoms with van der Waals surface area (Å²) in [5, 5.41) is 0. The van der Waals surface area contributed by atoms with E-state index in [1.165, 1.54) is 148 Å². The molecule has 20 bridgehead atoms. The van der Waals surface area contributed by atoms with Crippen molar-refractivity contribution in [3.63, 3.8) is 0 Å². The predicted octanol–water partition coefficient (Wildman–Crippen LogP) is 26.3. The quantitative estimate of drug-likeness (QED) is 0.115. The van der Waals surface area contributed by atoms with Crippen molar-refractivity contribution in [2.45, 2.75) is 412 Å². The maximum atomic E-state index is 13.2. The van der Waals surface area contributed by atoms with Gasteiger partial charge in [-0.3, -0.25) is 24.0 Å². The normalized spacial score (nSPS) is 43.2. The molecule has 10 heteroatoms. The summed E-state index contributed by atoms with van der Waals surface area (Å²) in [7, 11) is 0. The van der Waals surface area contributed by atoms with Crippen LogP contribution in [0.15, 0.2) is 0 Å². The van der Waals surface area contributed by atoms with E-state index in [9.17, 15) is 24.0 Å². The zero-order valence-electron chi connectivity index (χ0n) is 65.9. The summed E-state index contributed by atoms with van der Waals surface area (Å²) in [6.45, 7) is 40.6. The minimum absolute atomic E-state index is 0. The van der Waals surface area contributed by atoms with Crippen molar-refractivity contribution in [2.24, 2.45) is 171 Å². The van der Waals surface area contributed by atoms with Crippen LogP contribution in [-0.4, -0.2) is 57.9 Å². The van der Waals surface area contributed by atoms with Gasteiger partial charge in [-0.1, -0.05) is 136 Å². The minimum atomic E-state index is -0.340. The van der Waals surface area contributed by atoms with Crippen molar-refractivity contribution in [3.05, 3.63) is 0 Å². The highest BCUT2D eigenvalue weighted by molar-refractivity contribution is 5.77. The van der Waals surface area contributed by atoms with Crippen LogP contribution in [0.3, 0.4) is 0 Å². The summed E-state index contributed by atoms with van der Waals surface area (Å²) < 4.78 is 30.4. The van der Waals surface area contributed by atoms with Gasteiger partial charge in [0.15, 0.2) is 0 Å². The molecule has 20 aliphatic rings. The number of esters is 5. The Morgan fingerprint density at radius 1 is 0.377 bits per heavy atom. The molecule has 12 atom stereocenters. The summed E-state index contributed by atoms with van der Waals surface area (Å²) in [6.07, 6.45) is 37.6. The molecule has 0 aromatic carbocycles. The second-order valence-electron chi connectivity index (χ2n) is 40.9. The highest BCUT2D eigenvalue weighted by Crippen LogP contribution is 2.67. The highest BCUT2D eigenvalue weighted by atomic mass is 16.6. The summed E-state index contributed by atoms with van der Waals surface area (Å²) >= 11 is 0. The summed E-state index contributed by atoms with van der Waals surface area (Å²) in [5.74, 6) is 18.6. The van der Waals surface area contributed by atoms with Gasteiger partial charge in [0.1, 0.15) is 28.0 Å². The van der Waals surface area contributed by atoms with E-state index in [0.29, 0.717) is 59.2 Å². The van der Waals surface area contributed by atoms with Gasteiger partial charge in [0.2, 0.25) is 0 Å². The molecule has 0 amide bonds. The Hall–Kier alpha value is -2.65. The van der Waals surface area contributed by atoms with Crippen molar-refractivity contribution in [1.82, 2.24) is 0 Å². The molecule has 0 heterocycles. The van der Waals surface area contributed by atoms with Crippen molar-refractivity contribution in [2.75, 3.05) is 0 Å². The van der Waals surface area contributed by atoms with Gasteiger partial charge < -0.3 is 23.7 Å². The lowest BCUT2D eigenvalue weighted by Crippen LogP contribution is -2.60. The van der Waals surface area contributed by atoms with Crippen LogP contribution in [0.25, 0.3) is 0 Å². The van der Waals surface area contributed by atoms with E-state index in [0.717, 1.165) is 122 Å². The summed E-state index contributed by atoms with van der Waals surface area (Å²) in [4.78, 5) is 62.3. The van der Waals surface area contributed by atoms with Crippen molar-refractivity contribution >= 4 is 29.8 Å². The standard InChI is InChI=1S/C23H36O2.C18H30O2.C17H28O2.C16H26O2.C14H24O2.8CH4/c1-13-14(2)19-8-18(13)9-20(19)21(24)25-22(3,4)23-10-15-5-16(11-23)7-17(6-15)12-23;1-5-17(3,4)16(19)20-18(6-2)14-8-12-7-13(10-14)11-15(18)9-12;1-4-11(3)16(18)19-17(5-2)14-7-12-6-13(9-14)10-15(17)8-12;1-4-10(2)15(17)18-16(3)13-6-11-5-12(8-13)9-14(16)7-11;1-8-9(2)11-6-10(8)7-12(11)13(15)16-14(3,4)5;;;;;;;;/h13-20H,5-12H2,1-4H3;12-15H,5-11H2,1-4H3;11-15H,4-10H2,1-3H3;10-14H,4-9H2,1-3H3;8-12H,6-7H2,1-5H3;8*1H4. The number of hydrogen-bond donors (Lipinski definition) is 0. The first-order valence-corrected chi connectivity index (χ1v) is 42.2. The van der Waals surface area contributed by atoms with Gasteiger partial charge in [0.25, 0.3) is 0 Å². The Bertz CT molecular complexity index is 2710. The van der Waals surface area contributed by atoms with Crippen LogP contribution in [0.4, 0.5) is 0 Å². The highest BCUT2D eigenvalue weighted by Gasteiger charge is 2.64. The van der Waals surface area contributed by atoms with Gasteiger partial charge in [-0.2, -0.15) is 0 Å².